The van der Waals surface area contributed by atoms with E-state index in [4.69, 9.17) is 25.8 Å². The number of nitrogens with one attached hydrogen (secondary N) is 1. The molecule has 1 atom stereocenters. The van der Waals surface area contributed by atoms with E-state index in [0.717, 1.165) is 10.6 Å². The van der Waals surface area contributed by atoms with Crippen LogP contribution in [0.4, 0.5) is 10.5 Å². The van der Waals surface area contributed by atoms with Gasteiger partial charge >= 0.3 is 12.1 Å². The van der Waals surface area contributed by atoms with E-state index in [-0.39, 0.29) is 19.8 Å². The second-order valence-corrected chi connectivity index (χ2v) is 8.86. The summed E-state index contributed by atoms with van der Waals surface area (Å²) in [6.45, 7) is 5.40. The average molecular weight is 493 g/mol. The molecule has 0 aliphatic carbocycles. The summed E-state index contributed by atoms with van der Waals surface area (Å²) in [4.78, 5) is 26.6. The van der Waals surface area contributed by atoms with Crippen molar-refractivity contribution in [3.8, 4) is 5.75 Å². The molecule has 0 aliphatic rings. The highest BCUT2D eigenvalue weighted by Gasteiger charge is 2.17. The molecule has 178 valence electrons. The molecule has 9 heteroatoms. The summed E-state index contributed by atoms with van der Waals surface area (Å²) >= 11 is 7.47. The van der Waals surface area contributed by atoms with Crippen molar-refractivity contribution >= 4 is 41.1 Å². The van der Waals surface area contributed by atoms with Gasteiger partial charge in [-0.05, 0) is 55.5 Å². The van der Waals surface area contributed by atoms with Crippen molar-refractivity contribution in [2.75, 3.05) is 44.5 Å². The maximum absolute atomic E-state index is 12.2. The minimum Gasteiger partial charge on any atom is -0.490 e. The number of ether oxygens (including phenoxy) is 3. The molecule has 2 aromatic rings. The molecule has 0 aliphatic heterocycles. The Morgan fingerprint density at radius 2 is 1.79 bits per heavy atom. The summed E-state index contributed by atoms with van der Waals surface area (Å²) < 4.78 is 16.4. The van der Waals surface area contributed by atoms with Gasteiger partial charge in [-0.3, -0.25) is 0 Å². The number of amides is 1. The van der Waals surface area contributed by atoms with E-state index >= 15 is 0 Å². The molecular formula is C24H29ClN2O5S. The Labute approximate surface area is 204 Å². The summed E-state index contributed by atoms with van der Waals surface area (Å²) in [5, 5.41) is 3.23. The van der Waals surface area contributed by atoms with E-state index in [2.05, 4.69) is 11.9 Å². The number of rotatable bonds is 12. The molecule has 7 nitrogen and oxygen atoms in total. The van der Waals surface area contributed by atoms with Crippen LogP contribution in [0.5, 0.6) is 5.75 Å². The second kappa shape index (κ2) is 13.6. The maximum atomic E-state index is 12.2. The van der Waals surface area contributed by atoms with Gasteiger partial charge in [0.25, 0.3) is 0 Å². The fourth-order valence-electron chi connectivity index (χ4n) is 2.48. The lowest BCUT2D eigenvalue weighted by molar-refractivity contribution is -0.138. The van der Waals surface area contributed by atoms with Gasteiger partial charge in [-0.15, -0.1) is 11.8 Å². The highest BCUT2D eigenvalue weighted by Crippen LogP contribution is 2.23. The third kappa shape index (κ3) is 10.1. The number of halogens is 1. The van der Waals surface area contributed by atoms with Gasteiger partial charge in [0.2, 0.25) is 0 Å². The van der Waals surface area contributed by atoms with Crippen LogP contribution in [-0.4, -0.2) is 57.8 Å². The Bertz CT molecular complexity index is 919. The molecule has 0 bridgehead atoms. The first-order valence-electron chi connectivity index (χ1n) is 10.3. The third-order valence-corrected chi connectivity index (χ3v) is 5.66. The van der Waals surface area contributed by atoms with Crippen molar-refractivity contribution < 1.29 is 23.8 Å². The zero-order chi connectivity index (χ0) is 24.2. The lowest BCUT2D eigenvalue weighted by Crippen LogP contribution is -2.35. The number of hydrogen-bond donors (Lipinski definition) is 1. The molecule has 0 saturated heterocycles. The lowest BCUT2D eigenvalue weighted by atomic mass is 10.3. The van der Waals surface area contributed by atoms with Crippen LogP contribution in [0.3, 0.4) is 0 Å². The molecule has 0 fully saturated rings. The van der Waals surface area contributed by atoms with E-state index in [1.54, 1.807) is 6.92 Å². The zero-order valence-electron chi connectivity index (χ0n) is 19.0. The number of esters is 1. The molecule has 1 N–H and O–H groups in total. The number of nitrogens with zero attached hydrogens (tertiary/aromatic N) is 1. The average Bonchev–Trinajstić information content (AvgIpc) is 2.79. The smallest absolute Gasteiger partial charge is 0.407 e. The van der Waals surface area contributed by atoms with Crippen LogP contribution in [0.2, 0.25) is 5.02 Å². The van der Waals surface area contributed by atoms with Gasteiger partial charge in [-0.1, -0.05) is 18.2 Å². The van der Waals surface area contributed by atoms with Crippen LogP contribution in [0.1, 0.15) is 6.92 Å². The molecule has 0 spiro atoms. The van der Waals surface area contributed by atoms with Gasteiger partial charge in [-0.2, -0.15) is 0 Å². The van der Waals surface area contributed by atoms with Crippen LogP contribution in [0.25, 0.3) is 0 Å². The fraction of sp³-hybridized carbons (Fsp3) is 0.333. The molecule has 0 aromatic heterocycles. The molecule has 1 amide bonds. The fourth-order valence-corrected chi connectivity index (χ4v) is 3.48. The zero-order valence-corrected chi connectivity index (χ0v) is 20.6. The van der Waals surface area contributed by atoms with Crippen LogP contribution in [-0.2, 0) is 14.3 Å². The summed E-state index contributed by atoms with van der Waals surface area (Å²) in [6.07, 6.45) is -1.13. The lowest BCUT2D eigenvalue weighted by Gasteiger charge is -2.19. The Hall–Kier alpha value is -2.84. The summed E-state index contributed by atoms with van der Waals surface area (Å²) in [6, 6.07) is 15.1. The number of carbonyl (C=O) groups excluding carboxylic acids is 2. The third-order valence-electron chi connectivity index (χ3n) is 4.27. The summed E-state index contributed by atoms with van der Waals surface area (Å²) in [5.74, 6) is 0.657. The molecule has 0 radical (unpaired) electrons. The standard InChI is InChI=1S/C24H29ClN2O5S/c1-17(2)23(28)30-14-13-26-24(29)32-21(16-33-22-11-5-18(25)6-12-22)15-31-20-9-7-19(8-10-20)27(3)4/h5-12,21H,1,13-16H2,2-4H3,(H,26,29). The Morgan fingerprint density at radius 3 is 2.39 bits per heavy atom. The van der Waals surface area contributed by atoms with Crippen LogP contribution >= 0.6 is 23.4 Å². The van der Waals surface area contributed by atoms with Crippen molar-refractivity contribution in [2.45, 2.75) is 17.9 Å². The van der Waals surface area contributed by atoms with Crippen LogP contribution in [0, 0.1) is 0 Å². The van der Waals surface area contributed by atoms with Crippen molar-refractivity contribution in [3.63, 3.8) is 0 Å². The van der Waals surface area contributed by atoms with Gasteiger partial charge in [0.15, 0.2) is 0 Å². The number of anilines is 1. The van der Waals surface area contributed by atoms with Gasteiger partial charge < -0.3 is 24.4 Å². The second-order valence-electron chi connectivity index (χ2n) is 7.33. The van der Waals surface area contributed by atoms with Crippen molar-refractivity contribution in [1.29, 1.82) is 0 Å². The Balaban J connectivity index is 1.89. The van der Waals surface area contributed by atoms with E-state index < -0.39 is 18.2 Å². The van der Waals surface area contributed by atoms with Gasteiger partial charge in [0.05, 0.1) is 6.54 Å². The first-order valence-corrected chi connectivity index (χ1v) is 11.7. The number of thioether (sulfide) groups is 1. The van der Waals surface area contributed by atoms with Crippen LogP contribution in [0.15, 0.2) is 65.6 Å². The highest BCUT2D eigenvalue weighted by atomic mass is 35.5. The Morgan fingerprint density at radius 1 is 1.12 bits per heavy atom. The van der Waals surface area contributed by atoms with Gasteiger partial charge in [0, 0.05) is 41.0 Å². The predicted molar refractivity (Wildman–Crippen MR) is 132 cm³/mol. The van der Waals surface area contributed by atoms with Crippen molar-refractivity contribution in [3.05, 3.63) is 65.7 Å². The minimum atomic E-state index is -0.616. The normalized spacial score (nSPS) is 11.3. The number of benzene rings is 2. The quantitative estimate of drug-likeness (QED) is 0.197. The van der Waals surface area contributed by atoms with Crippen molar-refractivity contribution in [2.24, 2.45) is 0 Å². The van der Waals surface area contributed by atoms with E-state index in [9.17, 15) is 9.59 Å². The number of carbonyl (C=O) groups is 2. The van der Waals surface area contributed by atoms with Crippen molar-refractivity contribution in [1.82, 2.24) is 5.32 Å². The molecule has 0 heterocycles. The largest absolute Gasteiger partial charge is 0.490 e. The van der Waals surface area contributed by atoms with Crippen LogP contribution < -0.4 is 15.0 Å². The topological polar surface area (TPSA) is 77.1 Å². The van der Waals surface area contributed by atoms with E-state index in [0.29, 0.717) is 22.1 Å². The maximum Gasteiger partial charge on any atom is 0.407 e. The monoisotopic (exact) mass is 492 g/mol. The molecule has 2 aromatic carbocycles. The predicted octanol–water partition coefficient (Wildman–Crippen LogP) is 4.79. The highest BCUT2D eigenvalue weighted by molar-refractivity contribution is 7.99. The number of hydrogen-bond acceptors (Lipinski definition) is 7. The Kier molecular flexibility index (Phi) is 10.9. The summed E-state index contributed by atoms with van der Waals surface area (Å²) in [5.41, 5.74) is 1.35. The molecular weight excluding hydrogens is 464 g/mol. The molecule has 33 heavy (non-hydrogen) atoms. The molecule has 0 saturated carbocycles. The SMILES string of the molecule is C=C(C)C(=O)OCCNC(=O)OC(COc1ccc(N(C)C)cc1)CSc1ccc(Cl)cc1. The first-order chi connectivity index (χ1) is 15.7. The minimum absolute atomic E-state index is 0.0275. The van der Waals surface area contributed by atoms with E-state index in [1.807, 2.05) is 67.5 Å². The van der Waals surface area contributed by atoms with Gasteiger partial charge in [0.1, 0.15) is 25.1 Å². The molecule has 2 rings (SSSR count). The van der Waals surface area contributed by atoms with Gasteiger partial charge in [-0.25, -0.2) is 9.59 Å². The molecule has 1 unspecified atom stereocenters. The summed E-state index contributed by atoms with van der Waals surface area (Å²) in [7, 11) is 3.93. The number of alkyl carbamates (subject to hydrolysis) is 1. The first kappa shape index (κ1) is 26.4. The van der Waals surface area contributed by atoms with E-state index in [1.165, 1.54) is 11.8 Å².